The lowest BCUT2D eigenvalue weighted by molar-refractivity contribution is -0.0274. The smallest absolute Gasteiger partial charge is 0.407 e. The summed E-state index contributed by atoms with van der Waals surface area (Å²) in [6.07, 6.45) is -0.914. The average Bonchev–Trinajstić information content (AvgIpc) is 3.56. The zero-order valence-corrected chi connectivity index (χ0v) is 36.5. The fourth-order valence-corrected chi connectivity index (χ4v) is 5.72. The largest absolute Gasteiger partial charge is 0.449 e. The van der Waals surface area contributed by atoms with Crippen molar-refractivity contribution in [3.63, 3.8) is 0 Å². The maximum atomic E-state index is 12.3. The lowest BCUT2D eigenvalue weighted by Gasteiger charge is -2.19. The van der Waals surface area contributed by atoms with Gasteiger partial charge in [0.1, 0.15) is 12.2 Å². The summed E-state index contributed by atoms with van der Waals surface area (Å²) >= 11 is 0. The van der Waals surface area contributed by atoms with Crippen molar-refractivity contribution in [2.75, 3.05) is 165 Å². The highest BCUT2D eigenvalue weighted by molar-refractivity contribution is 5.79. The second-order valence-electron chi connectivity index (χ2n) is 14.4. The molecule has 17 heteroatoms. The van der Waals surface area contributed by atoms with Crippen LogP contribution in [-0.4, -0.2) is 183 Å². The van der Waals surface area contributed by atoms with Crippen molar-refractivity contribution in [2.45, 2.75) is 32.3 Å². The SMILES string of the molecule is CC(C)(C)OC(=O)NCCOCCOCCOCCOCCOCCOCCOCCOCCOCCOCCOCCNC(=O)OCC1c2ccccc2-c2ccccc21. The molecule has 346 valence electrons. The molecule has 61 heavy (non-hydrogen) atoms. The molecular weight excluding hydrogens is 796 g/mol. The van der Waals surface area contributed by atoms with Gasteiger partial charge in [0.2, 0.25) is 0 Å². The molecular formula is C44H70N2O15. The van der Waals surface area contributed by atoms with Crippen molar-refractivity contribution in [1.82, 2.24) is 10.6 Å². The van der Waals surface area contributed by atoms with E-state index in [1.807, 2.05) is 45.0 Å². The van der Waals surface area contributed by atoms with Crippen molar-refractivity contribution >= 4 is 12.2 Å². The maximum Gasteiger partial charge on any atom is 0.407 e. The Kier molecular flexibility index (Phi) is 29.0. The highest BCUT2D eigenvalue weighted by Crippen LogP contribution is 2.44. The Hall–Kier alpha value is -3.46. The molecule has 0 atom stereocenters. The van der Waals surface area contributed by atoms with Crippen LogP contribution in [0.1, 0.15) is 37.8 Å². The van der Waals surface area contributed by atoms with E-state index in [9.17, 15) is 9.59 Å². The van der Waals surface area contributed by atoms with Gasteiger partial charge in [0.25, 0.3) is 0 Å². The van der Waals surface area contributed by atoms with Crippen molar-refractivity contribution in [2.24, 2.45) is 0 Å². The minimum atomic E-state index is -0.518. The number of alkyl carbamates (subject to hydrolysis) is 2. The van der Waals surface area contributed by atoms with Crippen LogP contribution in [0.25, 0.3) is 11.1 Å². The molecule has 0 aliphatic heterocycles. The van der Waals surface area contributed by atoms with E-state index >= 15 is 0 Å². The first-order chi connectivity index (χ1) is 29.8. The Morgan fingerprint density at radius 1 is 0.426 bits per heavy atom. The van der Waals surface area contributed by atoms with Crippen molar-refractivity contribution in [3.05, 3.63) is 59.7 Å². The molecule has 1 aliphatic carbocycles. The number of rotatable bonds is 38. The van der Waals surface area contributed by atoms with Crippen LogP contribution in [0.2, 0.25) is 0 Å². The van der Waals surface area contributed by atoms with Gasteiger partial charge in [-0.1, -0.05) is 48.5 Å². The fourth-order valence-electron chi connectivity index (χ4n) is 5.72. The van der Waals surface area contributed by atoms with Crippen LogP contribution in [0.4, 0.5) is 9.59 Å². The van der Waals surface area contributed by atoms with Gasteiger partial charge in [-0.2, -0.15) is 0 Å². The minimum Gasteiger partial charge on any atom is -0.449 e. The number of nitrogens with one attached hydrogen (secondary N) is 2. The molecule has 0 spiro atoms. The van der Waals surface area contributed by atoms with Crippen LogP contribution in [0.3, 0.4) is 0 Å². The molecule has 0 bridgehead atoms. The van der Waals surface area contributed by atoms with Crippen molar-refractivity contribution in [3.8, 4) is 11.1 Å². The molecule has 2 N–H and O–H groups in total. The molecule has 1 aliphatic rings. The van der Waals surface area contributed by atoms with E-state index in [2.05, 4.69) is 34.9 Å². The number of fused-ring (bicyclic) bond motifs is 3. The number of carbonyl (C=O) groups excluding carboxylic acids is 2. The first-order valence-corrected chi connectivity index (χ1v) is 21.3. The van der Waals surface area contributed by atoms with Crippen LogP contribution < -0.4 is 10.6 Å². The highest BCUT2D eigenvalue weighted by Gasteiger charge is 2.29. The Balaban J connectivity index is 0.925. The molecule has 0 aromatic heterocycles. The summed E-state index contributed by atoms with van der Waals surface area (Å²) < 4.78 is 71.1. The number of benzene rings is 2. The Bertz CT molecular complexity index is 1370. The summed E-state index contributed by atoms with van der Waals surface area (Å²) in [6, 6.07) is 16.5. The normalized spacial score (nSPS) is 12.3. The molecule has 0 radical (unpaired) electrons. The van der Waals surface area contributed by atoms with Gasteiger partial charge in [-0.15, -0.1) is 0 Å². The minimum absolute atomic E-state index is 0.0317. The van der Waals surface area contributed by atoms with E-state index < -0.39 is 17.8 Å². The van der Waals surface area contributed by atoms with E-state index in [4.69, 9.17) is 61.6 Å². The third-order valence-corrected chi connectivity index (χ3v) is 8.49. The molecule has 0 unspecified atom stereocenters. The predicted molar refractivity (Wildman–Crippen MR) is 226 cm³/mol. The number of hydrogen-bond donors (Lipinski definition) is 2. The lowest BCUT2D eigenvalue weighted by Crippen LogP contribution is -2.34. The fraction of sp³-hybridized carbons (Fsp3) is 0.682. The summed E-state index contributed by atoms with van der Waals surface area (Å²) in [5.74, 6) is 0.0317. The number of carbonyl (C=O) groups is 2. The summed E-state index contributed by atoms with van der Waals surface area (Å²) in [5, 5.41) is 5.37. The molecule has 17 nitrogen and oxygen atoms in total. The van der Waals surface area contributed by atoms with Gasteiger partial charge in [-0.3, -0.25) is 0 Å². The second kappa shape index (κ2) is 34.1. The summed E-state index contributed by atoms with van der Waals surface area (Å²) in [6.45, 7) is 16.5. The zero-order valence-electron chi connectivity index (χ0n) is 36.5. The second-order valence-corrected chi connectivity index (χ2v) is 14.4. The van der Waals surface area contributed by atoms with Gasteiger partial charge in [0.15, 0.2) is 0 Å². The Labute approximate surface area is 361 Å². The Morgan fingerprint density at radius 3 is 1.02 bits per heavy atom. The Morgan fingerprint density at radius 2 is 0.705 bits per heavy atom. The molecule has 0 saturated carbocycles. The molecule has 0 saturated heterocycles. The van der Waals surface area contributed by atoms with Crippen LogP contribution in [0.5, 0.6) is 0 Å². The van der Waals surface area contributed by atoms with Gasteiger partial charge >= 0.3 is 12.2 Å². The monoisotopic (exact) mass is 866 g/mol. The molecule has 2 aromatic carbocycles. The molecule has 2 aromatic rings. The standard InChI is InChI=1S/C44H70N2O15/c1-44(2,3)61-43(48)46-13-15-50-17-19-52-21-23-54-25-27-56-29-31-58-33-35-59-34-32-57-30-28-55-26-24-53-22-20-51-18-16-49-14-12-45-42(47)60-36-41-39-10-6-4-8-37(39)38-9-5-7-11-40(38)41/h4-11,41H,12-36H2,1-3H3,(H,45,47)(H,46,48). The van der Waals surface area contributed by atoms with Gasteiger partial charge in [0, 0.05) is 19.0 Å². The number of ether oxygens (including phenoxy) is 13. The third kappa shape index (κ3) is 25.9. The lowest BCUT2D eigenvalue weighted by atomic mass is 9.98. The molecule has 3 rings (SSSR count). The number of hydrogen-bond acceptors (Lipinski definition) is 15. The quantitative estimate of drug-likeness (QED) is 0.0916. The topological polar surface area (TPSA) is 178 Å². The van der Waals surface area contributed by atoms with Gasteiger partial charge < -0.3 is 72.2 Å². The van der Waals surface area contributed by atoms with Gasteiger partial charge in [-0.25, -0.2) is 9.59 Å². The van der Waals surface area contributed by atoms with Crippen LogP contribution in [0.15, 0.2) is 48.5 Å². The van der Waals surface area contributed by atoms with Gasteiger partial charge in [-0.05, 0) is 43.0 Å². The zero-order chi connectivity index (χ0) is 43.5. The van der Waals surface area contributed by atoms with E-state index in [0.29, 0.717) is 158 Å². The van der Waals surface area contributed by atoms with Gasteiger partial charge in [0.05, 0.1) is 145 Å². The first kappa shape index (κ1) is 51.9. The molecule has 2 amide bonds. The summed E-state index contributed by atoms with van der Waals surface area (Å²) in [4.78, 5) is 23.8. The van der Waals surface area contributed by atoms with Crippen LogP contribution in [-0.2, 0) is 61.6 Å². The molecule has 0 heterocycles. The average molecular weight is 867 g/mol. The maximum absolute atomic E-state index is 12.3. The van der Waals surface area contributed by atoms with Crippen LogP contribution in [0, 0.1) is 0 Å². The van der Waals surface area contributed by atoms with E-state index in [1.54, 1.807) is 0 Å². The van der Waals surface area contributed by atoms with E-state index in [-0.39, 0.29) is 12.5 Å². The van der Waals surface area contributed by atoms with Crippen LogP contribution >= 0.6 is 0 Å². The molecule has 0 fully saturated rings. The number of amides is 2. The summed E-state index contributed by atoms with van der Waals surface area (Å²) in [5.41, 5.74) is 4.24. The predicted octanol–water partition coefficient (Wildman–Crippen LogP) is 4.23. The van der Waals surface area contributed by atoms with E-state index in [1.165, 1.54) is 22.3 Å². The third-order valence-electron chi connectivity index (χ3n) is 8.49. The summed E-state index contributed by atoms with van der Waals surface area (Å²) in [7, 11) is 0. The van der Waals surface area contributed by atoms with E-state index in [0.717, 1.165) is 0 Å². The highest BCUT2D eigenvalue weighted by atomic mass is 16.6. The van der Waals surface area contributed by atoms with Crippen molar-refractivity contribution < 1.29 is 71.2 Å². The van der Waals surface area contributed by atoms with Crippen molar-refractivity contribution in [1.29, 1.82) is 0 Å². The first-order valence-electron chi connectivity index (χ1n) is 21.3.